The Morgan fingerprint density at radius 3 is 2.90 bits per heavy atom. The second kappa shape index (κ2) is 6.34. The van der Waals surface area contributed by atoms with Crippen molar-refractivity contribution in [3.63, 3.8) is 0 Å². The van der Waals surface area contributed by atoms with E-state index in [2.05, 4.69) is 28.3 Å². The second-order valence-electron chi connectivity index (χ2n) is 4.61. The number of nitrogens with two attached hydrogens (primary N) is 1. The predicted molar refractivity (Wildman–Crippen MR) is 82.6 cm³/mol. The molecule has 2 aromatic rings. The maximum atomic E-state index is 10.9. The van der Waals surface area contributed by atoms with Crippen LogP contribution in [0.3, 0.4) is 0 Å². The first-order valence-corrected chi connectivity index (χ1v) is 7.94. The summed E-state index contributed by atoms with van der Waals surface area (Å²) in [6.45, 7) is 2.12. The number of rotatable bonds is 6. The Morgan fingerprint density at radius 1 is 1.55 bits per heavy atom. The molecule has 3 N–H and O–H groups in total. The van der Waals surface area contributed by atoms with E-state index in [-0.39, 0.29) is 6.04 Å². The molecular weight excluding hydrogens is 294 g/mol. The fourth-order valence-electron chi connectivity index (χ4n) is 1.75. The molecule has 0 spiro atoms. The lowest BCUT2D eigenvalue weighted by Gasteiger charge is -2.23. The highest BCUT2D eigenvalue weighted by molar-refractivity contribution is 7.13. The van der Waals surface area contributed by atoms with Gasteiger partial charge in [-0.2, -0.15) is 0 Å². The van der Waals surface area contributed by atoms with Crippen LogP contribution in [0.2, 0.25) is 0 Å². The normalized spacial score (nSPS) is 13.9. The molecule has 20 heavy (non-hydrogen) atoms. The number of nitrogens with zero attached hydrogens (tertiary/aromatic N) is 2. The number of carbonyl (C=O) groups is 1. The van der Waals surface area contributed by atoms with Crippen LogP contribution in [0.1, 0.15) is 23.5 Å². The Labute approximate surface area is 125 Å². The Kier molecular flexibility index (Phi) is 4.74. The van der Waals surface area contributed by atoms with Crippen molar-refractivity contribution in [2.24, 2.45) is 5.73 Å². The zero-order chi connectivity index (χ0) is 14.7. The minimum absolute atomic E-state index is 0.286. The summed E-state index contributed by atoms with van der Waals surface area (Å²) in [5.41, 5.74) is 5.97. The molecule has 2 aromatic heterocycles. The van der Waals surface area contributed by atoms with Crippen molar-refractivity contribution < 1.29 is 9.90 Å². The number of hydrogen-bond donors (Lipinski definition) is 2. The van der Waals surface area contributed by atoms with Crippen LogP contribution in [0, 0.1) is 0 Å². The molecule has 0 amide bonds. The first kappa shape index (κ1) is 15.0. The number of carboxylic acid groups (broad SMARTS) is 1. The van der Waals surface area contributed by atoms with Crippen molar-refractivity contribution in [2.45, 2.75) is 25.4 Å². The standard InChI is InChI=1S/C13H17N3O2S2/c1-8(6-9-4-3-5-19-9)16(2)13-15-10(7-20-13)11(14)12(17)18/h3-5,7-8,11H,6,14H2,1-2H3,(H,17,18). The van der Waals surface area contributed by atoms with Gasteiger partial charge in [-0.05, 0) is 18.4 Å². The van der Waals surface area contributed by atoms with E-state index < -0.39 is 12.0 Å². The average Bonchev–Trinajstić information content (AvgIpc) is 3.07. The summed E-state index contributed by atoms with van der Waals surface area (Å²) in [6.07, 6.45) is 0.939. The molecule has 5 nitrogen and oxygen atoms in total. The van der Waals surface area contributed by atoms with Crippen LogP contribution >= 0.6 is 22.7 Å². The summed E-state index contributed by atoms with van der Waals surface area (Å²) in [4.78, 5) is 18.6. The highest BCUT2D eigenvalue weighted by Crippen LogP contribution is 2.25. The van der Waals surface area contributed by atoms with Crippen molar-refractivity contribution in [3.8, 4) is 0 Å². The fourth-order valence-corrected chi connectivity index (χ4v) is 3.51. The van der Waals surface area contributed by atoms with E-state index in [0.717, 1.165) is 11.6 Å². The minimum Gasteiger partial charge on any atom is -0.480 e. The van der Waals surface area contributed by atoms with Gasteiger partial charge in [0.15, 0.2) is 5.13 Å². The minimum atomic E-state index is -1.06. The van der Waals surface area contributed by atoms with Crippen molar-refractivity contribution in [3.05, 3.63) is 33.5 Å². The van der Waals surface area contributed by atoms with Gasteiger partial charge in [0.25, 0.3) is 0 Å². The number of aromatic nitrogens is 1. The van der Waals surface area contributed by atoms with Crippen LogP contribution in [0.4, 0.5) is 5.13 Å². The Morgan fingerprint density at radius 2 is 2.30 bits per heavy atom. The van der Waals surface area contributed by atoms with E-state index in [9.17, 15) is 4.79 Å². The highest BCUT2D eigenvalue weighted by atomic mass is 32.1. The summed E-state index contributed by atoms with van der Waals surface area (Å²) >= 11 is 3.16. The van der Waals surface area contributed by atoms with Crippen molar-refractivity contribution in [1.82, 2.24) is 4.98 Å². The van der Waals surface area contributed by atoms with Gasteiger partial charge < -0.3 is 15.7 Å². The van der Waals surface area contributed by atoms with Crippen molar-refractivity contribution in [1.29, 1.82) is 0 Å². The van der Waals surface area contributed by atoms with Gasteiger partial charge in [-0.3, -0.25) is 4.79 Å². The monoisotopic (exact) mass is 311 g/mol. The molecule has 7 heteroatoms. The molecular formula is C13H17N3O2S2. The topological polar surface area (TPSA) is 79.5 Å². The molecule has 0 aliphatic heterocycles. The molecule has 0 radical (unpaired) electrons. The van der Waals surface area contributed by atoms with Crippen LogP contribution in [0.5, 0.6) is 0 Å². The largest absolute Gasteiger partial charge is 0.480 e. The second-order valence-corrected chi connectivity index (χ2v) is 6.48. The average molecular weight is 311 g/mol. The first-order chi connectivity index (χ1) is 9.49. The third-order valence-corrected chi connectivity index (χ3v) is 4.98. The molecule has 0 fully saturated rings. The third-order valence-electron chi connectivity index (χ3n) is 3.13. The van der Waals surface area contributed by atoms with E-state index in [4.69, 9.17) is 10.8 Å². The number of carboxylic acids is 1. The zero-order valence-corrected chi connectivity index (χ0v) is 12.9. The van der Waals surface area contributed by atoms with Crippen LogP contribution in [-0.2, 0) is 11.2 Å². The van der Waals surface area contributed by atoms with Crippen LogP contribution in [0.15, 0.2) is 22.9 Å². The molecule has 2 atom stereocenters. The van der Waals surface area contributed by atoms with Crippen LogP contribution < -0.4 is 10.6 Å². The summed E-state index contributed by atoms with van der Waals surface area (Å²) < 4.78 is 0. The molecule has 2 unspecified atom stereocenters. The molecule has 0 saturated heterocycles. The quantitative estimate of drug-likeness (QED) is 0.856. The SMILES string of the molecule is CC(Cc1cccs1)N(C)c1nc(C(N)C(=O)O)cs1. The number of likely N-dealkylation sites (N-methyl/N-ethyl adjacent to an activating group) is 1. The molecule has 2 rings (SSSR count). The van der Waals surface area contributed by atoms with Gasteiger partial charge in [0.1, 0.15) is 6.04 Å². The van der Waals surface area contributed by atoms with Crippen LogP contribution in [0.25, 0.3) is 0 Å². The molecule has 2 heterocycles. The number of aliphatic carboxylic acids is 1. The number of hydrogen-bond acceptors (Lipinski definition) is 6. The number of thiazole rings is 1. The number of thiophene rings is 1. The van der Waals surface area contributed by atoms with E-state index in [0.29, 0.717) is 5.69 Å². The lowest BCUT2D eigenvalue weighted by molar-refractivity contribution is -0.138. The predicted octanol–water partition coefficient (Wildman–Crippen LogP) is 2.36. The van der Waals surface area contributed by atoms with E-state index in [1.54, 1.807) is 16.7 Å². The van der Waals surface area contributed by atoms with Gasteiger partial charge in [0.05, 0.1) is 5.69 Å². The van der Waals surface area contributed by atoms with Gasteiger partial charge in [-0.15, -0.1) is 22.7 Å². The lowest BCUT2D eigenvalue weighted by Crippen LogP contribution is -2.30. The van der Waals surface area contributed by atoms with E-state index in [1.165, 1.54) is 16.2 Å². The summed E-state index contributed by atoms with van der Waals surface area (Å²) in [5, 5.41) is 13.5. The van der Waals surface area contributed by atoms with Gasteiger partial charge in [0, 0.05) is 29.8 Å². The van der Waals surface area contributed by atoms with Gasteiger partial charge in [-0.25, -0.2) is 4.98 Å². The molecule has 0 aromatic carbocycles. The first-order valence-electron chi connectivity index (χ1n) is 6.18. The van der Waals surface area contributed by atoms with Crippen molar-refractivity contribution in [2.75, 3.05) is 11.9 Å². The summed E-state index contributed by atoms with van der Waals surface area (Å²) in [5.74, 6) is -1.06. The van der Waals surface area contributed by atoms with Crippen molar-refractivity contribution >= 4 is 33.8 Å². The third kappa shape index (κ3) is 3.36. The molecule has 0 saturated carbocycles. The molecule has 0 bridgehead atoms. The Bertz CT molecular complexity index is 568. The maximum Gasteiger partial charge on any atom is 0.326 e. The molecule has 0 aliphatic rings. The zero-order valence-electron chi connectivity index (χ0n) is 11.3. The number of anilines is 1. The van der Waals surface area contributed by atoms with Gasteiger partial charge >= 0.3 is 5.97 Å². The van der Waals surface area contributed by atoms with Gasteiger partial charge in [-0.1, -0.05) is 6.07 Å². The van der Waals surface area contributed by atoms with Gasteiger partial charge in [0.2, 0.25) is 0 Å². The smallest absolute Gasteiger partial charge is 0.326 e. The Hall–Kier alpha value is -1.44. The Balaban J connectivity index is 2.05. The summed E-state index contributed by atoms with van der Waals surface area (Å²) in [7, 11) is 1.97. The summed E-state index contributed by atoms with van der Waals surface area (Å²) in [6, 6.07) is 3.39. The highest BCUT2D eigenvalue weighted by Gasteiger charge is 2.20. The van der Waals surface area contributed by atoms with Crippen LogP contribution in [-0.4, -0.2) is 29.1 Å². The maximum absolute atomic E-state index is 10.9. The molecule has 108 valence electrons. The fraction of sp³-hybridized carbons (Fsp3) is 0.385. The van der Waals surface area contributed by atoms with E-state index >= 15 is 0 Å². The molecule has 0 aliphatic carbocycles. The van der Waals surface area contributed by atoms with E-state index in [1.807, 2.05) is 13.1 Å². The lowest BCUT2D eigenvalue weighted by atomic mass is 10.2.